The number of hydrogen-bond donors (Lipinski definition) is 1. The zero-order valence-corrected chi connectivity index (χ0v) is 14.9. The lowest BCUT2D eigenvalue weighted by molar-refractivity contribution is 0.177. The summed E-state index contributed by atoms with van der Waals surface area (Å²) in [5.74, 6) is 0.801. The number of aryl methyl sites for hydroxylation is 1. The second-order valence-electron chi connectivity index (χ2n) is 5.92. The third kappa shape index (κ3) is 4.04. The lowest BCUT2D eigenvalue weighted by Gasteiger charge is -2.36. The number of aromatic nitrogens is 2. The first-order chi connectivity index (χ1) is 11.7. The molecule has 1 saturated heterocycles. The van der Waals surface area contributed by atoms with Gasteiger partial charge in [-0.2, -0.15) is 5.10 Å². The van der Waals surface area contributed by atoms with Crippen LogP contribution in [0, 0.1) is 0 Å². The van der Waals surface area contributed by atoms with Gasteiger partial charge in [-0.05, 0) is 24.4 Å². The summed E-state index contributed by atoms with van der Waals surface area (Å²) in [7, 11) is 3.62. The van der Waals surface area contributed by atoms with E-state index < -0.39 is 0 Å². The van der Waals surface area contributed by atoms with Crippen LogP contribution in [0.25, 0.3) is 0 Å². The summed E-state index contributed by atoms with van der Waals surface area (Å²) in [4.78, 5) is 4.64. The Morgan fingerprint density at radius 1 is 1.25 bits per heavy atom. The molecule has 0 spiro atoms. The first-order valence-electron chi connectivity index (χ1n) is 8.04. The van der Waals surface area contributed by atoms with E-state index in [1.165, 1.54) is 5.56 Å². The molecule has 1 N–H and O–H groups in total. The molecule has 0 aliphatic carbocycles. The van der Waals surface area contributed by atoms with E-state index >= 15 is 0 Å². The molecule has 6 nitrogen and oxygen atoms in total. The maximum atomic E-state index is 5.56. The summed E-state index contributed by atoms with van der Waals surface area (Å²) in [6.07, 6.45) is 4.00. The van der Waals surface area contributed by atoms with Crippen LogP contribution in [0.15, 0.2) is 36.7 Å². The van der Waals surface area contributed by atoms with E-state index in [4.69, 9.17) is 17.0 Å². The highest BCUT2D eigenvalue weighted by Gasteiger charge is 2.20. The average molecular weight is 345 g/mol. The van der Waals surface area contributed by atoms with Crippen molar-refractivity contribution >= 4 is 23.0 Å². The van der Waals surface area contributed by atoms with Gasteiger partial charge in [0.05, 0.1) is 19.0 Å². The fourth-order valence-electron chi connectivity index (χ4n) is 2.86. The number of piperazine rings is 1. The second kappa shape index (κ2) is 7.63. The van der Waals surface area contributed by atoms with Crippen molar-refractivity contribution in [2.75, 3.05) is 38.6 Å². The molecule has 0 saturated carbocycles. The first-order valence-corrected chi connectivity index (χ1v) is 8.45. The van der Waals surface area contributed by atoms with Gasteiger partial charge in [-0.1, -0.05) is 12.1 Å². The third-order valence-electron chi connectivity index (χ3n) is 4.17. The maximum Gasteiger partial charge on any atom is 0.173 e. The van der Waals surface area contributed by atoms with Gasteiger partial charge < -0.3 is 15.0 Å². The van der Waals surface area contributed by atoms with Crippen molar-refractivity contribution in [2.24, 2.45) is 7.05 Å². The van der Waals surface area contributed by atoms with E-state index in [9.17, 15) is 0 Å². The van der Waals surface area contributed by atoms with Gasteiger partial charge in [-0.3, -0.25) is 9.58 Å². The maximum absolute atomic E-state index is 5.56. The van der Waals surface area contributed by atoms with E-state index in [1.54, 1.807) is 7.11 Å². The van der Waals surface area contributed by atoms with Crippen molar-refractivity contribution in [3.8, 4) is 5.75 Å². The zero-order valence-electron chi connectivity index (χ0n) is 14.1. The molecular weight excluding hydrogens is 322 g/mol. The van der Waals surface area contributed by atoms with E-state index in [0.717, 1.165) is 49.3 Å². The number of anilines is 1. The van der Waals surface area contributed by atoms with Crippen LogP contribution in [0.5, 0.6) is 5.75 Å². The van der Waals surface area contributed by atoms with Crippen LogP contribution in [-0.4, -0.2) is 58.0 Å². The molecule has 7 heteroatoms. The van der Waals surface area contributed by atoms with Crippen LogP contribution in [0.2, 0.25) is 0 Å². The SMILES string of the molecule is COc1ccccc1NC(=S)N1CCN(Cc2cnn(C)c2)CC1. The predicted molar refractivity (Wildman–Crippen MR) is 99.3 cm³/mol. The van der Waals surface area contributed by atoms with Gasteiger partial charge >= 0.3 is 0 Å². The van der Waals surface area contributed by atoms with E-state index in [-0.39, 0.29) is 0 Å². The number of hydrogen-bond acceptors (Lipinski definition) is 4. The molecule has 1 fully saturated rings. The standard InChI is InChI=1S/C17H23N5OS/c1-20-12-14(11-18-20)13-21-7-9-22(10-8-21)17(24)19-15-5-3-4-6-16(15)23-2/h3-6,11-12H,7-10,13H2,1-2H3,(H,19,24). The Hall–Kier alpha value is -2.12. The molecule has 2 aromatic rings. The van der Waals surface area contributed by atoms with Gasteiger partial charge in [0.15, 0.2) is 5.11 Å². The van der Waals surface area contributed by atoms with Crippen molar-refractivity contribution in [1.29, 1.82) is 0 Å². The van der Waals surface area contributed by atoms with Gasteiger partial charge in [-0.25, -0.2) is 0 Å². The fourth-order valence-corrected chi connectivity index (χ4v) is 3.16. The van der Waals surface area contributed by atoms with Crippen LogP contribution in [0.3, 0.4) is 0 Å². The monoisotopic (exact) mass is 345 g/mol. The summed E-state index contributed by atoms with van der Waals surface area (Å²) >= 11 is 5.56. The normalized spacial score (nSPS) is 15.3. The molecule has 128 valence electrons. The number of benzene rings is 1. The molecule has 24 heavy (non-hydrogen) atoms. The molecule has 0 atom stereocenters. The Labute approximate surface area is 148 Å². The first kappa shape index (κ1) is 16.7. The molecule has 1 aromatic heterocycles. The van der Waals surface area contributed by atoms with Crippen LogP contribution < -0.4 is 10.1 Å². The van der Waals surface area contributed by atoms with Gasteiger partial charge in [0, 0.05) is 51.5 Å². The molecule has 1 aromatic carbocycles. The molecule has 3 rings (SSSR count). The third-order valence-corrected chi connectivity index (χ3v) is 4.53. The van der Waals surface area contributed by atoms with Gasteiger partial charge in [0.25, 0.3) is 0 Å². The zero-order chi connectivity index (χ0) is 16.9. The van der Waals surface area contributed by atoms with E-state index in [1.807, 2.05) is 42.2 Å². The Balaban J connectivity index is 1.51. The van der Waals surface area contributed by atoms with E-state index in [2.05, 4.69) is 26.4 Å². The number of para-hydroxylation sites is 2. The minimum atomic E-state index is 0.750. The Morgan fingerprint density at radius 3 is 2.67 bits per heavy atom. The molecule has 1 aliphatic rings. The number of nitrogens with zero attached hydrogens (tertiary/aromatic N) is 4. The topological polar surface area (TPSA) is 45.6 Å². The number of ether oxygens (including phenoxy) is 1. The Kier molecular flexibility index (Phi) is 5.32. The molecule has 1 aliphatic heterocycles. The van der Waals surface area contributed by atoms with Gasteiger partial charge in [0.2, 0.25) is 0 Å². The largest absolute Gasteiger partial charge is 0.495 e. The Bertz CT molecular complexity index is 694. The predicted octanol–water partition coefficient (Wildman–Crippen LogP) is 1.94. The molecule has 2 heterocycles. The minimum Gasteiger partial charge on any atom is -0.495 e. The average Bonchev–Trinajstić information content (AvgIpc) is 3.01. The number of nitrogens with one attached hydrogen (secondary N) is 1. The smallest absolute Gasteiger partial charge is 0.173 e. The van der Waals surface area contributed by atoms with Crippen molar-refractivity contribution in [3.63, 3.8) is 0 Å². The number of rotatable bonds is 4. The van der Waals surface area contributed by atoms with Gasteiger partial charge in [0.1, 0.15) is 5.75 Å². The van der Waals surface area contributed by atoms with Crippen LogP contribution in [0.1, 0.15) is 5.56 Å². The van der Waals surface area contributed by atoms with Crippen molar-refractivity contribution in [3.05, 3.63) is 42.2 Å². The molecule has 0 bridgehead atoms. The molecule has 0 radical (unpaired) electrons. The van der Waals surface area contributed by atoms with Crippen LogP contribution in [-0.2, 0) is 13.6 Å². The van der Waals surface area contributed by atoms with E-state index in [0.29, 0.717) is 0 Å². The Morgan fingerprint density at radius 2 is 2.00 bits per heavy atom. The summed E-state index contributed by atoms with van der Waals surface area (Å²) in [6.45, 7) is 4.75. The molecule has 0 amide bonds. The van der Waals surface area contributed by atoms with Crippen LogP contribution in [0.4, 0.5) is 5.69 Å². The van der Waals surface area contributed by atoms with Crippen LogP contribution >= 0.6 is 12.2 Å². The summed E-state index contributed by atoms with van der Waals surface area (Å²) in [5, 5.41) is 8.28. The summed E-state index contributed by atoms with van der Waals surface area (Å²) in [5.41, 5.74) is 2.16. The minimum absolute atomic E-state index is 0.750. The molecule has 0 unspecified atom stereocenters. The van der Waals surface area contributed by atoms with Crippen molar-refractivity contribution in [2.45, 2.75) is 6.54 Å². The highest BCUT2D eigenvalue weighted by atomic mass is 32.1. The van der Waals surface area contributed by atoms with Gasteiger partial charge in [-0.15, -0.1) is 0 Å². The summed E-state index contributed by atoms with van der Waals surface area (Å²) in [6, 6.07) is 7.82. The lowest BCUT2D eigenvalue weighted by Crippen LogP contribution is -2.49. The highest BCUT2D eigenvalue weighted by molar-refractivity contribution is 7.80. The second-order valence-corrected chi connectivity index (χ2v) is 6.30. The van der Waals surface area contributed by atoms with Crippen molar-refractivity contribution < 1.29 is 4.74 Å². The lowest BCUT2D eigenvalue weighted by atomic mass is 10.2. The summed E-state index contributed by atoms with van der Waals surface area (Å²) < 4.78 is 7.21. The van der Waals surface area contributed by atoms with Crippen molar-refractivity contribution in [1.82, 2.24) is 19.6 Å². The highest BCUT2D eigenvalue weighted by Crippen LogP contribution is 2.23. The fraction of sp³-hybridized carbons (Fsp3) is 0.412. The quantitative estimate of drug-likeness (QED) is 0.855. The molecular formula is C17H23N5OS. The number of thiocarbonyl (C=S) groups is 1. The number of methoxy groups -OCH3 is 1.